The summed E-state index contributed by atoms with van der Waals surface area (Å²) in [6.45, 7) is 4.34. The van der Waals surface area contributed by atoms with E-state index >= 15 is 0 Å². The number of unbranched alkanes of at least 4 members (excludes halogenated alkanes) is 6. The second-order valence-electron chi connectivity index (χ2n) is 5.36. The minimum atomic E-state index is 0.447. The van der Waals surface area contributed by atoms with Gasteiger partial charge in [-0.1, -0.05) is 45.4 Å². The number of aromatic hydroxyl groups is 1. The van der Waals surface area contributed by atoms with Gasteiger partial charge in [0, 0.05) is 12.7 Å². The fourth-order valence-electron chi connectivity index (χ4n) is 2.59. The smallest absolute Gasteiger partial charge is 0.119 e. The molecule has 0 atom stereocenters. The Bertz CT molecular complexity index is 374. The van der Waals surface area contributed by atoms with Gasteiger partial charge >= 0.3 is 0 Å². The number of hydrogen-bond donors (Lipinski definition) is 2. The van der Waals surface area contributed by atoms with E-state index in [1.807, 2.05) is 13.1 Å². The van der Waals surface area contributed by atoms with Crippen LogP contribution in [0.4, 0.5) is 5.69 Å². The fraction of sp³-hybridized carbons (Fsp3) is 0.647. The molecule has 0 saturated heterocycles. The van der Waals surface area contributed by atoms with Crippen molar-refractivity contribution in [3.63, 3.8) is 0 Å². The zero-order chi connectivity index (χ0) is 14.1. The van der Waals surface area contributed by atoms with Gasteiger partial charge in [-0.05, 0) is 43.0 Å². The lowest BCUT2D eigenvalue weighted by Crippen LogP contribution is -1.97. The van der Waals surface area contributed by atoms with Gasteiger partial charge in [-0.3, -0.25) is 0 Å². The lowest BCUT2D eigenvalue weighted by molar-refractivity contribution is 0.465. The zero-order valence-corrected chi connectivity index (χ0v) is 12.8. The summed E-state index contributed by atoms with van der Waals surface area (Å²) < 4.78 is 0. The third-order valence-electron chi connectivity index (χ3n) is 3.87. The van der Waals surface area contributed by atoms with Crippen LogP contribution in [0, 0.1) is 6.92 Å². The molecule has 108 valence electrons. The molecule has 2 nitrogen and oxygen atoms in total. The van der Waals surface area contributed by atoms with Crippen LogP contribution < -0.4 is 5.32 Å². The molecule has 0 bridgehead atoms. The van der Waals surface area contributed by atoms with Crippen LogP contribution in [0.3, 0.4) is 0 Å². The molecule has 0 aliphatic heterocycles. The van der Waals surface area contributed by atoms with Crippen LogP contribution in [-0.4, -0.2) is 12.2 Å². The molecule has 0 heterocycles. The normalized spacial score (nSPS) is 10.7. The van der Waals surface area contributed by atoms with Gasteiger partial charge in [0.15, 0.2) is 0 Å². The summed E-state index contributed by atoms with van der Waals surface area (Å²) in [6.07, 6.45) is 10.2. The summed E-state index contributed by atoms with van der Waals surface area (Å²) in [5.74, 6) is 0.447. The molecule has 1 aromatic rings. The molecule has 0 unspecified atom stereocenters. The molecular formula is C17H29NO. The second kappa shape index (κ2) is 8.84. The third-order valence-corrected chi connectivity index (χ3v) is 3.87. The molecule has 0 aliphatic carbocycles. The highest BCUT2D eigenvalue weighted by molar-refractivity contribution is 5.58. The van der Waals surface area contributed by atoms with Gasteiger partial charge < -0.3 is 10.4 Å². The van der Waals surface area contributed by atoms with Crippen LogP contribution in [0.1, 0.15) is 63.0 Å². The Hall–Kier alpha value is -1.18. The van der Waals surface area contributed by atoms with Crippen molar-refractivity contribution in [2.24, 2.45) is 0 Å². The Balaban J connectivity index is 2.36. The Morgan fingerprint density at radius 3 is 2.26 bits per heavy atom. The molecule has 0 aromatic heterocycles. The number of rotatable bonds is 9. The molecule has 2 heteroatoms. The quantitative estimate of drug-likeness (QED) is 0.483. The van der Waals surface area contributed by atoms with E-state index in [4.69, 9.17) is 0 Å². The molecule has 0 saturated carbocycles. The first kappa shape index (κ1) is 15.9. The maximum Gasteiger partial charge on any atom is 0.119 e. The van der Waals surface area contributed by atoms with Crippen molar-refractivity contribution in [3.05, 3.63) is 23.3 Å². The second-order valence-corrected chi connectivity index (χ2v) is 5.36. The van der Waals surface area contributed by atoms with Crippen molar-refractivity contribution in [2.75, 3.05) is 12.4 Å². The Labute approximate surface area is 118 Å². The van der Waals surface area contributed by atoms with E-state index in [0.717, 1.165) is 17.7 Å². The minimum absolute atomic E-state index is 0.447. The lowest BCUT2D eigenvalue weighted by Gasteiger charge is -2.13. The fourth-order valence-corrected chi connectivity index (χ4v) is 2.59. The maximum atomic E-state index is 9.96. The maximum absolute atomic E-state index is 9.96. The highest BCUT2D eigenvalue weighted by atomic mass is 16.3. The molecule has 0 radical (unpaired) electrons. The van der Waals surface area contributed by atoms with E-state index < -0.39 is 0 Å². The minimum Gasteiger partial charge on any atom is -0.508 e. The SMILES string of the molecule is CCCCCCCCCc1c(O)ccc(NC)c1C. The van der Waals surface area contributed by atoms with E-state index in [-0.39, 0.29) is 0 Å². The van der Waals surface area contributed by atoms with Crippen molar-refractivity contribution < 1.29 is 5.11 Å². The zero-order valence-electron chi connectivity index (χ0n) is 12.8. The number of anilines is 1. The number of phenols is 1. The first-order chi connectivity index (χ1) is 9.20. The Morgan fingerprint density at radius 1 is 1.00 bits per heavy atom. The topological polar surface area (TPSA) is 32.3 Å². The van der Waals surface area contributed by atoms with Gasteiger partial charge in [0.2, 0.25) is 0 Å². The average molecular weight is 263 g/mol. The van der Waals surface area contributed by atoms with Crippen LogP contribution in [0.2, 0.25) is 0 Å². The van der Waals surface area contributed by atoms with Crippen molar-refractivity contribution in [1.29, 1.82) is 0 Å². The highest BCUT2D eigenvalue weighted by Gasteiger charge is 2.08. The number of hydrogen-bond acceptors (Lipinski definition) is 2. The van der Waals surface area contributed by atoms with E-state index in [2.05, 4.69) is 19.2 Å². The van der Waals surface area contributed by atoms with Gasteiger partial charge in [-0.15, -0.1) is 0 Å². The summed E-state index contributed by atoms with van der Waals surface area (Å²) in [4.78, 5) is 0. The monoisotopic (exact) mass is 263 g/mol. The number of nitrogens with one attached hydrogen (secondary N) is 1. The largest absolute Gasteiger partial charge is 0.508 e. The lowest BCUT2D eigenvalue weighted by atomic mass is 9.98. The highest BCUT2D eigenvalue weighted by Crippen LogP contribution is 2.28. The van der Waals surface area contributed by atoms with Crippen molar-refractivity contribution in [2.45, 2.75) is 65.2 Å². The first-order valence-electron chi connectivity index (χ1n) is 7.69. The van der Waals surface area contributed by atoms with Gasteiger partial charge in [-0.2, -0.15) is 0 Å². The summed E-state index contributed by atoms with van der Waals surface area (Å²) >= 11 is 0. The molecule has 19 heavy (non-hydrogen) atoms. The molecule has 2 N–H and O–H groups in total. The van der Waals surface area contributed by atoms with Crippen molar-refractivity contribution in [3.8, 4) is 5.75 Å². The van der Waals surface area contributed by atoms with E-state index in [1.54, 1.807) is 6.07 Å². The average Bonchev–Trinajstić information content (AvgIpc) is 2.41. The summed E-state index contributed by atoms with van der Waals surface area (Å²) in [5, 5.41) is 13.1. The van der Waals surface area contributed by atoms with Gasteiger partial charge in [0.25, 0.3) is 0 Å². The van der Waals surface area contributed by atoms with Crippen LogP contribution in [0.15, 0.2) is 12.1 Å². The van der Waals surface area contributed by atoms with E-state index in [9.17, 15) is 5.11 Å². The molecule has 0 amide bonds. The van der Waals surface area contributed by atoms with Gasteiger partial charge in [0.1, 0.15) is 5.75 Å². The predicted molar refractivity (Wildman–Crippen MR) is 84.1 cm³/mol. The Kier molecular flexibility index (Phi) is 7.39. The van der Waals surface area contributed by atoms with Crippen LogP contribution in [-0.2, 0) is 6.42 Å². The number of benzene rings is 1. The molecule has 1 aromatic carbocycles. The molecule has 0 fully saturated rings. The molecular weight excluding hydrogens is 234 g/mol. The van der Waals surface area contributed by atoms with Crippen molar-refractivity contribution >= 4 is 5.69 Å². The van der Waals surface area contributed by atoms with Gasteiger partial charge in [0.05, 0.1) is 0 Å². The first-order valence-corrected chi connectivity index (χ1v) is 7.69. The molecule has 0 aliphatic rings. The summed E-state index contributed by atoms with van der Waals surface area (Å²) in [6, 6.07) is 3.74. The van der Waals surface area contributed by atoms with Crippen molar-refractivity contribution in [1.82, 2.24) is 0 Å². The summed E-state index contributed by atoms with van der Waals surface area (Å²) in [7, 11) is 1.93. The molecule has 0 spiro atoms. The van der Waals surface area contributed by atoms with E-state index in [1.165, 1.54) is 50.5 Å². The van der Waals surface area contributed by atoms with Crippen LogP contribution in [0.5, 0.6) is 5.75 Å². The number of phenolic OH excluding ortho intramolecular Hbond substituents is 1. The Morgan fingerprint density at radius 2 is 1.63 bits per heavy atom. The third kappa shape index (κ3) is 5.14. The van der Waals surface area contributed by atoms with E-state index in [0.29, 0.717) is 5.75 Å². The standard InChI is InChI=1S/C17H29NO/c1-4-5-6-7-8-9-10-11-15-14(2)16(18-3)12-13-17(15)19/h12-13,18-19H,4-11H2,1-3H3. The predicted octanol–water partition coefficient (Wildman–Crippen LogP) is 5.04. The summed E-state index contributed by atoms with van der Waals surface area (Å²) in [5.41, 5.74) is 3.42. The molecule has 1 rings (SSSR count). The van der Waals surface area contributed by atoms with Crippen LogP contribution in [0.25, 0.3) is 0 Å². The van der Waals surface area contributed by atoms with Gasteiger partial charge in [-0.25, -0.2) is 0 Å². The van der Waals surface area contributed by atoms with Crippen LogP contribution >= 0.6 is 0 Å².